The van der Waals surface area contributed by atoms with Gasteiger partial charge < -0.3 is 19.7 Å². The van der Waals surface area contributed by atoms with Gasteiger partial charge in [0.15, 0.2) is 0 Å². The number of nitrogens with zero attached hydrogens (tertiary/aromatic N) is 1. The molecular weight excluding hydrogens is 410 g/mol. The lowest BCUT2D eigenvalue weighted by atomic mass is 9.88. The van der Waals surface area contributed by atoms with Crippen LogP contribution in [0.3, 0.4) is 0 Å². The van der Waals surface area contributed by atoms with E-state index in [1.807, 2.05) is 60.7 Å². The van der Waals surface area contributed by atoms with Crippen LogP contribution in [0.5, 0.6) is 0 Å². The first-order valence-electron chi connectivity index (χ1n) is 10.9. The Morgan fingerprint density at radius 3 is 2.28 bits per heavy atom. The highest BCUT2D eigenvalue weighted by Crippen LogP contribution is 2.24. The van der Waals surface area contributed by atoms with E-state index in [4.69, 9.17) is 9.47 Å². The van der Waals surface area contributed by atoms with Crippen LogP contribution in [0, 0.1) is 11.8 Å². The van der Waals surface area contributed by atoms with Crippen molar-refractivity contribution in [3.63, 3.8) is 0 Å². The highest BCUT2D eigenvalue weighted by atomic mass is 16.6. The molecule has 2 N–H and O–H groups in total. The van der Waals surface area contributed by atoms with E-state index in [9.17, 15) is 19.8 Å². The Hall–Kier alpha value is -2.74. The van der Waals surface area contributed by atoms with E-state index in [2.05, 4.69) is 0 Å². The molecule has 32 heavy (non-hydrogen) atoms. The third kappa shape index (κ3) is 5.94. The zero-order chi connectivity index (χ0) is 23.1. The molecule has 0 unspecified atom stereocenters. The van der Waals surface area contributed by atoms with E-state index < -0.39 is 42.1 Å². The van der Waals surface area contributed by atoms with Crippen molar-refractivity contribution in [3.8, 4) is 0 Å². The summed E-state index contributed by atoms with van der Waals surface area (Å²) in [5, 5.41) is 21.2. The summed E-state index contributed by atoms with van der Waals surface area (Å²) in [6, 6.07) is 18.7. The van der Waals surface area contributed by atoms with Crippen molar-refractivity contribution in [2.45, 2.75) is 45.1 Å². The van der Waals surface area contributed by atoms with Crippen molar-refractivity contribution in [2.24, 2.45) is 11.8 Å². The normalized spacial score (nSPS) is 19.8. The smallest absolute Gasteiger partial charge is 0.416 e. The number of hydrogen-bond acceptors (Lipinski definition) is 6. The fourth-order valence-electron chi connectivity index (χ4n) is 3.84. The highest BCUT2D eigenvalue weighted by Gasteiger charge is 2.42. The molecule has 172 valence electrons. The molecule has 1 aliphatic heterocycles. The van der Waals surface area contributed by atoms with Crippen molar-refractivity contribution in [1.29, 1.82) is 0 Å². The third-order valence-electron chi connectivity index (χ3n) is 5.96. The van der Waals surface area contributed by atoms with Gasteiger partial charge in [0.1, 0.15) is 6.61 Å². The predicted molar refractivity (Wildman–Crippen MR) is 119 cm³/mol. The van der Waals surface area contributed by atoms with Crippen molar-refractivity contribution < 1.29 is 29.3 Å². The number of carbonyl (C=O) groups excluding carboxylic acids is 2. The van der Waals surface area contributed by atoms with Crippen molar-refractivity contribution in [2.75, 3.05) is 13.2 Å². The van der Waals surface area contributed by atoms with Crippen LogP contribution in [0.4, 0.5) is 4.79 Å². The second kappa shape index (κ2) is 11.2. The van der Waals surface area contributed by atoms with Gasteiger partial charge in [-0.25, -0.2) is 9.69 Å². The van der Waals surface area contributed by atoms with E-state index in [0.717, 1.165) is 16.0 Å². The molecule has 7 heteroatoms. The monoisotopic (exact) mass is 441 g/mol. The quantitative estimate of drug-likeness (QED) is 0.589. The molecule has 0 aromatic heterocycles. The number of carbonyl (C=O) groups is 2. The minimum absolute atomic E-state index is 0.0242. The lowest BCUT2D eigenvalue weighted by molar-refractivity contribution is -0.139. The maximum Gasteiger partial charge on any atom is 0.416 e. The predicted octanol–water partition coefficient (Wildman–Crippen LogP) is 2.79. The van der Waals surface area contributed by atoms with Gasteiger partial charge in [-0.05, 0) is 17.5 Å². The number of cyclic esters (lactones) is 1. The topological polar surface area (TPSA) is 96.3 Å². The standard InChI is InChI=1S/C25H31NO6/c1-17(22(27)16-31-14-20-11-7-4-8-12-20)23(28)18(2)24(29)26-21(15-32-25(26)30)13-19-9-5-3-6-10-19/h3-12,17-18,21-23,27-28H,13-16H2,1-2H3/t17-,18+,21+,22+,23-/m0/s1. The molecule has 1 saturated heterocycles. The van der Waals surface area contributed by atoms with E-state index in [1.165, 1.54) is 0 Å². The number of benzene rings is 2. The fourth-order valence-corrected chi connectivity index (χ4v) is 3.84. The zero-order valence-corrected chi connectivity index (χ0v) is 18.5. The SMILES string of the molecule is C[C@H]([C@H](O)[C@@H](C)C(=O)N1C(=O)OC[C@H]1Cc1ccccc1)[C@H](O)COCc1ccccc1. The van der Waals surface area contributed by atoms with Gasteiger partial charge in [-0.2, -0.15) is 0 Å². The Morgan fingerprint density at radius 2 is 1.66 bits per heavy atom. The summed E-state index contributed by atoms with van der Waals surface area (Å²) < 4.78 is 10.7. The van der Waals surface area contributed by atoms with Crippen LogP contribution in [-0.4, -0.2) is 58.6 Å². The molecule has 2 amide bonds. The van der Waals surface area contributed by atoms with E-state index >= 15 is 0 Å². The van der Waals surface area contributed by atoms with Crippen LogP contribution in [0.2, 0.25) is 0 Å². The number of imide groups is 1. The molecule has 3 rings (SSSR count). The van der Waals surface area contributed by atoms with Crippen molar-refractivity contribution >= 4 is 12.0 Å². The minimum Gasteiger partial charge on any atom is -0.447 e. The van der Waals surface area contributed by atoms with E-state index in [-0.39, 0.29) is 13.2 Å². The number of aliphatic hydroxyl groups excluding tert-OH is 2. The van der Waals surface area contributed by atoms with Gasteiger partial charge in [-0.3, -0.25) is 4.79 Å². The van der Waals surface area contributed by atoms with Crippen LogP contribution in [0.15, 0.2) is 60.7 Å². The zero-order valence-electron chi connectivity index (χ0n) is 18.5. The summed E-state index contributed by atoms with van der Waals surface area (Å²) in [6.07, 6.45) is -2.33. The van der Waals surface area contributed by atoms with Gasteiger partial charge in [0.25, 0.3) is 0 Å². The Bertz CT molecular complexity index is 875. The molecule has 1 heterocycles. The van der Waals surface area contributed by atoms with Crippen LogP contribution in [0.1, 0.15) is 25.0 Å². The second-order valence-electron chi connectivity index (χ2n) is 8.34. The van der Waals surface area contributed by atoms with Gasteiger partial charge in [-0.15, -0.1) is 0 Å². The molecule has 5 atom stereocenters. The molecule has 0 radical (unpaired) electrons. The van der Waals surface area contributed by atoms with Gasteiger partial charge in [0, 0.05) is 5.92 Å². The highest BCUT2D eigenvalue weighted by molar-refractivity contribution is 5.95. The summed E-state index contributed by atoms with van der Waals surface area (Å²) in [4.78, 5) is 26.4. The van der Waals surface area contributed by atoms with Gasteiger partial charge >= 0.3 is 6.09 Å². The van der Waals surface area contributed by atoms with Crippen LogP contribution in [-0.2, 0) is 27.3 Å². The van der Waals surface area contributed by atoms with Gasteiger partial charge in [0.2, 0.25) is 5.91 Å². The van der Waals surface area contributed by atoms with Crippen molar-refractivity contribution in [3.05, 3.63) is 71.8 Å². The number of rotatable bonds is 10. The average molecular weight is 442 g/mol. The van der Waals surface area contributed by atoms with E-state index in [0.29, 0.717) is 13.0 Å². The fraction of sp³-hybridized carbons (Fsp3) is 0.440. The molecule has 0 spiro atoms. The first kappa shape index (κ1) is 23.9. The summed E-state index contributed by atoms with van der Waals surface area (Å²) in [5.41, 5.74) is 1.97. The molecular formula is C25H31NO6. The Balaban J connectivity index is 1.56. The summed E-state index contributed by atoms with van der Waals surface area (Å²) in [6.45, 7) is 3.71. The summed E-state index contributed by atoms with van der Waals surface area (Å²) in [7, 11) is 0. The Labute approximate surface area is 188 Å². The Morgan fingerprint density at radius 1 is 1.06 bits per heavy atom. The van der Waals surface area contributed by atoms with E-state index in [1.54, 1.807) is 13.8 Å². The Kier molecular flexibility index (Phi) is 8.39. The first-order valence-corrected chi connectivity index (χ1v) is 10.9. The van der Waals surface area contributed by atoms with Crippen molar-refractivity contribution in [1.82, 2.24) is 4.90 Å². The third-order valence-corrected chi connectivity index (χ3v) is 5.96. The molecule has 1 aliphatic rings. The summed E-state index contributed by atoms with van der Waals surface area (Å²) in [5.74, 6) is -2.03. The molecule has 7 nitrogen and oxygen atoms in total. The summed E-state index contributed by atoms with van der Waals surface area (Å²) >= 11 is 0. The first-order chi connectivity index (χ1) is 15.4. The largest absolute Gasteiger partial charge is 0.447 e. The number of hydrogen-bond donors (Lipinski definition) is 2. The van der Waals surface area contributed by atoms with Gasteiger partial charge in [0.05, 0.1) is 37.4 Å². The lowest BCUT2D eigenvalue weighted by Gasteiger charge is -2.30. The van der Waals surface area contributed by atoms with Gasteiger partial charge in [-0.1, -0.05) is 74.5 Å². The average Bonchev–Trinajstić information content (AvgIpc) is 3.18. The van der Waals surface area contributed by atoms with Crippen LogP contribution in [0.25, 0.3) is 0 Å². The second-order valence-corrected chi connectivity index (χ2v) is 8.34. The molecule has 0 saturated carbocycles. The maximum atomic E-state index is 13.1. The lowest BCUT2D eigenvalue weighted by Crippen LogP contribution is -2.48. The molecule has 2 aromatic rings. The molecule has 0 bridgehead atoms. The molecule has 2 aromatic carbocycles. The van der Waals surface area contributed by atoms with Crippen LogP contribution < -0.4 is 0 Å². The number of aliphatic hydroxyl groups is 2. The van der Waals surface area contributed by atoms with Crippen LogP contribution >= 0.6 is 0 Å². The molecule has 0 aliphatic carbocycles. The number of amides is 2. The number of ether oxygens (including phenoxy) is 2. The minimum atomic E-state index is -1.15. The maximum absolute atomic E-state index is 13.1. The molecule has 1 fully saturated rings.